The van der Waals surface area contributed by atoms with Gasteiger partial charge in [-0.25, -0.2) is 9.78 Å². The predicted octanol–water partition coefficient (Wildman–Crippen LogP) is 3.25. The highest BCUT2D eigenvalue weighted by Gasteiger charge is 2.13. The number of amides is 1. The highest BCUT2D eigenvalue weighted by molar-refractivity contribution is 8.00. The van der Waals surface area contributed by atoms with Crippen molar-refractivity contribution in [3.63, 3.8) is 0 Å². The Balaban J connectivity index is 1.96. The van der Waals surface area contributed by atoms with E-state index in [0.29, 0.717) is 21.3 Å². The molecule has 1 amide bonds. The Labute approximate surface area is 137 Å². The summed E-state index contributed by atoms with van der Waals surface area (Å²) < 4.78 is 4.72. The third-order valence-electron chi connectivity index (χ3n) is 2.65. The molecule has 0 aliphatic carbocycles. The molecule has 0 fully saturated rings. The summed E-state index contributed by atoms with van der Waals surface area (Å²) in [5.74, 6) is -0.0724. The van der Waals surface area contributed by atoms with Gasteiger partial charge in [-0.2, -0.15) is 0 Å². The topological polar surface area (TPSA) is 68.3 Å². The molecule has 1 heterocycles. The number of pyridine rings is 1. The minimum Gasteiger partial charge on any atom is -0.465 e. The van der Waals surface area contributed by atoms with Gasteiger partial charge in [-0.05, 0) is 24.3 Å². The molecule has 114 valence electrons. The molecular formula is C15H13ClN2O3S. The van der Waals surface area contributed by atoms with Gasteiger partial charge in [-0.15, -0.1) is 11.8 Å². The first kappa shape index (κ1) is 16.3. The molecule has 0 bridgehead atoms. The SMILES string of the molecule is COC(=O)c1ccccc1SCC(=O)Nc1ccc(Cl)cn1. The number of hydrogen-bond acceptors (Lipinski definition) is 5. The van der Waals surface area contributed by atoms with Crippen LogP contribution in [-0.4, -0.2) is 29.7 Å². The lowest BCUT2D eigenvalue weighted by atomic mass is 10.2. The molecule has 1 N–H and O–H groups in total. The van der Waals surface area contributed by atoms with E-state index in [2.05, 4.69) is 10.3 Å². The van der Waals surface area contributed by atoms with Crippen LogP contribution in [0.25, 0.3) is 0 Å². The van der Waals surface area contributed by atoms with Crippen LogP contribution in [0.4, 0.5) is 5.82 Å². The highest BCUT2D eigenvalue weighted by atomic mass is 35.5. The summed E-state index contributed by atoms with van der Waals surface area (Å²) in [7, 11) is 1.32. The maximum atomic E-state index is 11.9. The number of carbonyl (C=O) groups excluding carboxylic acids is 2. The van der Waals surface area contributed by atoms with Gasteiger partial charge in [0, 0.05) is 11.1 Å². The van der Waals surface area contributed by atoms with E-state index in [0.717, 1.165) is 0 Å². The average molecular weight is 337 g/mol. The van der Waals surface area contributed by atoms with Gasteiger partial charge in [0.2, 0.25) is 5.91 Å². The second-order valence-electron chi connectivity index (χ2n) is 4.19. The molecular weight excluding hydrogens is 324 g/mol. The number of aromatic nitrogens is 1. The fourth-order valence-electron chi connectivity index (χ4n) is 1.64. The van der Waals surface area contributed by atoms with Crippen molar-refractivity contribution in [2.24, 2.45) is 0 Å². The lowest BCUT2D eigenvalue weighted by Gasteiger charge is -2.07. The summed E-state index contributed by atoms with van der Waals surface area (Å²) in [5, 5.41) is 3.16. The highest BCUT2D eigenvalue weighted by Crippen LogP contribution is 2.23. The Kier molecular flexibility index (Phi) is 5.80. The predicted molar refractivity (Wildman–Crippen MR) is 86.4 cm³/mol. The minimum atomic E-state index is -0.428. The summed E-state index contributed by atoms with van der Waals surface area (Å²) in [4.78, 5) is 28.2. The average Bonchev–Trinajstić information content (AvgIpc) is 2.54. The van der Waals surface area contributed by atoms with E-state index in [9.17, 15) is 9.59 Å². The van der Waals surface area contributed by atoms with E-state index in [1.54, 1.807) is 36.4 Å². The molecule has 0 unspecified atom stereocenters. The van der Waals surface area contributed by atoms with Crippen LogP contribution in [0.5, 0.6) is 0 Å². The van der Waals surface area contributed by atoms with E-state index in [1.165, 1.54) is 25.1 Å². The van der Waals surface area contributed by atoms with Crippen molar-refractivity contribution >= 4 is 41.1 Å². The molecule has 22 heavy (non-hydrogen) atoms. The maximum Gasteiger partial charge on any atom is 0.338 e. The number of esters is 1. The van der Waals surface area contributed by atoms with E-state index in [1.807, 2.05) is 0 Å². The normalized spacial score (nSPS) is 10.1. The van der Waals surface area contributed by atoms with Crippen molar-refractivity contribution in [1.29, 1.82) is 0 Å². The summed E-state index contributed by atoms with van der Waals surface area (Å²) in [6.07, 6.45) is 1.46. The molecule has 0 spiro atoms. The summed E-state index contributed by atoms with van der Waals surface area (Å²) >= 11 is 6.98. The van der Waals surface area contributed by atoms with E-state index in [-0.39, 0.29) is 11.7 Å². The number of thioether (sulfide) groups is 1. The van der Waals surface area contributed by atoms with Crippen molar-refractivity contribution < 1.29 is 14.3 Å². The van der Waals surface area contributed by atoms with Crippen molar-refractivity contribution in [1.82, 2.24) is 4.98 Å². The fraction of sp³-hybridized carbons (Fsp3) is 0.133. The van der Waals surface area contributed by atoms with Crippen molar-refractivity contribution in [2.75, 3.05) is 18.2 Å². The van der Waals surface area contributed by atoms with Crippen LogP contribution in [0.2, 0.25) is 5.02 Å². The molecule has 0 saturated carbocycles. The molecule has 1 aromatic carbocycles. The molecule has 2 aromatic rings. The molecule has 7 heteroatoms. The van der Waals surface area contributed by atoms with Gasteiger partial charge >= 0.3 is 5.97 Å². The number of carbonyl (C=O) groups is 2. The lowest BCUT2D eigenvalue weighted by molar-refractivity contribution is -0.113. The number of rotatable bonds is 5. The quantitative estimate of drug-likeness (QED) is 0.670. The monoisotopic (exact) mass is 336 g/mol. The van der Waals surface area contributed by atoms with Gasteiger partial charge in [0.1, 0.15) is 5.82 Å². The largest absolute Gasteiger partial charge is 0.465 e. The van der Waals surface area contributed by atoms with Gasteiger partial charge in [0.15, 0.2) is 0 Å². The number of hydrogen-bond donors (Lipinski definition) is 1. The minimum absolute atomic E-state index is 0.151. The van der Waals surface area contributed by atoms with E-state index >= 15 is 0 Å². The molecule has 0 aliphatic heterocycles. The Morgan fingerprint density at radius 1 is 1.27 bits per heavy atom. The van der Waals surface area contributed by atoms with Crippen LogP contribution in [-0.2, 0) is 9.53 Å². The second-order valence-corrected chi connectivity index (χ2v) is 5.64. The number of nitrogens with zero attached hydrogens (tertiary/aromatic N) is 1. The summed E-state index contributed by atoms with van der Waals surface area (Å²) in [5.41, 5.74) is 0.437. The molecule has 0 aliphatic rings. The van der Waals surface area contributed by atoms with Crippen LogP contribution >= 0.6 is 23.4 Å². The Morgan fingerprint density at radius 2 is 2.05 bits per heavy atom. The first-order chi connectivity index (χ1) is 10.6. The molecule has 0 atom stereocenters. The Hall–Kier alpha value is -2.05. The summed E-state index contributed by atoms with van der Waals surface area (Å²) in [6.45, 7) is 0. The lowest BCUT2D eigenvalue weighted by Crippen LogP contribution is -2.15. The van der Waals surface area contributed by atoms with Gasteiger partial charge in [-0.3, -0.25) is 4.79 Å². The maximum absolute atomic E-state index is 11.9. The van der Waals surface area contributed by atoms with Crippen LogP contribution in [0, 0.1) is 0 Å². The third-order valence-corrected chi connectivity index (χ3v) is 3.94. The molecule has 0 radical (unpaired) electrons. The zero-order valence-electron chi connectivity index (χ0n) is 11.7. The number of benzene rings is 1. The fourth-order valence-corrected chi connectivity index (χ4v) is 2.60. The van der Waals surface area contributed by atoms with Crippen LogP contribution in [0.15, 0.2) is 47.5 Å². The molecule has 5 nitrogen and oxygen atoms in total. The zero-order valence-corrected chi connectivity index (χ0v) is 13.3. The zero-order chi connectivity index (χ0) is 15.9. The number of halogens is 1. The van der Waals surface area contributed by atoms with Crippen LogP contribution < -0.4 is 5.32 Å². The standard InChI is InChI=1S/C15H13ClN2O3S/c1-21-15(20)11-4-2-3-5-12(11)22-9-14(19)18-13-7-6-10(16)8-17-13/h2-8H,9H2,1H3,(H,17,18,19). The van der Waals surface area contributed by atoms with Crippen molar-refractivity contribution in [3.8, 4) is 0 Å². The molecule has 2 rings (SSSR count). The Morgan fingerprint density at radius 3 is 2.73 bits per heavy atom. The van der Waals surface area contributed by atoms with Gasteiger partial charge in [-0.1, -0.05) is 23.7 Å². The third kappa shape index (κ3) is 4.47. The van der Waals surface area contributed by atoms with Crippen molar-refractivity contribution in [3.05, 3.63) is 53.2 Å². The first-order valence-corrected chi connectivity index (χ1v) is 7.68. The van der Waals surface area contributed by atoms with Gasteiger partial charge < -0.3 is 10.1 Å². The smallest absolute Gasteiger partial charge is 0.338 e. The van der Waals surface area contributed by atoms with Crippen molar-refractivity contribution in [2.45, 2.75) is 4.90 Å². The summed E-state index contributed by atoms with van der Waals surface area (Å²) in [6, 6.07) is 10.2. The van der Waals surface area contributed by atoms with Crippen LogP contribution in [0.1, 0.15) is 10.4 Å². The van der Waals surface area contributed by atoms with Gasteiger partial charge in [0.25, 0.3) is 0 Å². The van der Waals surface area contributed by atoms with E-state index < -0.39 is 5.97 Å². The number of anilines is 1. The number of ether oxygens (including phenoxy) is 1. The second kappa shape index (κ2) is 7.82. The molecule has 0 saturated heterocycles. The van der Waals surface area contributed by atoms with Crippen LogP contribution in [0.3, 0.4) is 0 Å². The van der Waals surface area contributed by atoms with Gasteiger partial charge in [0.05, 0.1) is 23.4 Å². The van der Waals surface area contributed by atoms with E-state index in [4.69, 9.17) is 16.3 Å². The Bertz CT molecular complexity index is 677. The number of nitrogens with one attached hydrogen (secondary N) is 1. The first-order valence-electron chi connectivity index (χ1n) is 6.31. The number of methoxy groups -OCH3 is 1. The molecule has 1 aromatic heterocycles.